The first-order chi connectivity index (χ1) is 11.7. The number of nitrogens with one attached hydrogen (secondary N) is 1. The van der Waals surface area contributed by atoms with Gasteiger partial charge in [0.2, 0.25) is 15.9 Å². The minimum absolute atomic E-state index is 0.0934. The molecule has 0 radical (unpaired) electrons. The lowest BCUT2D eigenvalue weighted by atomic mass is 10.2. The van der Waals surface area contributed by atoms with Crippen LogP contribution in [0.15, 0.2) is 24.3 Å². The molecule has 6 nitrogen and oxygen atoms in total. The molecule has 0 atom stereocenters. The molecular weight excluding hydrogens is 364 g/mol. The molecular formula is C17H27ClN2O4S. The van der Waals surface area contributed by atoms with Crippen LogP contribution in [0.5, 0.6) is 0 Å². The van der Waals surface area contributed by atoms with Gasteiger partial charge in [0.15, 0.2) is 0 Å². The lowest BCUT2D eigenvalue weighted by Crippen LogP contribution is -2.32. The van der Waals surface area contributed by atoms with Crippen LogP contribution in [-0.4, -0.2) is 46.4 Å². The van der Waals surface area contributed by atoms with E-state index in [2.05, 4.69) is 5.32 Å². The zero-order valence-electron chi connectivity index (χ0n) is 15.0. The van der Waals surface area contributed by atoms with Gasteiger partial charge in [-0.1, -0.05) is 17.7 Å². The molecule has 1 amide bonds. The Morgan fingerprint density at radius 1 is 1.32 bits per heavy atom. The van der Waals surface area contributed by atoms with Crippen LogP contribution in [-0.2, 0) is 19.6 Å². The van der Waals surface area contributed by atoms with Gasteiger partial charge in [-0.2, -0.15) is 0 Å². The number of hydrogen-bond acceptors (Lipinski definition) is 4. The van der Waals surface area contributed by atoms with Crippen molar-refractivity contribution in [1.82, 2.24) is 5.32 Å². The van der Waals surface area contributed by atoms with Gasteiger partial charge in [-0.3, -0.25) is 9.10 Å². The molecule has 1 rings (SSSR count). The molecule has 142 valence electrons. The minimum atomic E-state index is -3.44. The summed E-state index contributed by atoms with van der Waals surface area (Å²) in [6, 6.07) is 6.66. The van der Waals surface area contributed by atoms with Crippen LogP contribution in [0.3, 0.4) is 0 Å². The van der Waals surface area contributed by atoms with Crippen LogP contribution in [0, 0.1) is 0 Å². The largest absolute Gasteiger partial charge is 0.379 e. The molecule has 0 fully saturated rings. The smallest absolute Gasteiger partial charge is 0.232 e. The summed E-state index contributed by atoms with van der Waals surface area (Å²) >= 11 is 5.93. The third kappa shape index (κ3) is 9.09. The summed E-state index contributed by atoms with van der Waals surface area (Å²) in [7, 11) is -3.44. The van der Waals surface area contributed by atoms with Crippen LogP contribution >= 0.6 is 11.6 Å². The normalized spacial score (nSPS) is 11.6. The molecule has 0 saturated carbocycles. The Morgan fingerprint density at radius 2 is 2.04 bits per heavy atom. The number of carbonyl (C=O) groups is 1. The van der Waals surface area contributed by atoms with E-state index in [-0.39, 0.29) is 25.0 Å². The van der Waals surface area contributed by atoms with E-state index in [4.69, 9.17) is 16.3 Å². The average molecular weight is 391 g/mol. The Bertz CT molecular complexity index is 650. The summed E-state index contributed by atoms with van der Waals surface area (Å²) < 4.78 is 30.6. The maximum absolute atomic E-state index is 12.0. The molecule has 0 bridgehead atoms. The highest BCUT2D eigenvalue weighted by Crippen LogP contribution is 2.22. The van der Waals surface area contributed by atoms with Crippen molar-refractivity contribution in [3.05, 3.63) is 29.3 Å². The van der Waals surface area contributed by atoms with Crippen molar-refractivity contribution in [1.29, 1.82) is 0 Å². The molecule has 0 spiro atoms. The lowest BCUT2D eigenvalue weighted by molar-refractivity contribution is -0.121. The van der Waals surface area contributed by atoms with Crippen molar-refractivity contribution < 1.29 is 17.9 Å². The third-order valence-electron chi connectivity index (χ3n) is 3.36. The Kier molecular flexibility index (Phi) is 9.24. The molecule has 0 aliphatic rings. The molecule has 0 unspecified atom stereocenters. The SMILES string of the molecule is CC(C)OCCCNC(=O)CCCN(c1cccc(Cl)c1)S(C)(=O)=O. The molecule has 8 heteroatoms. The fourth-order valence-electron chi connectivity index (χ4n) is 2.21. The minimum Gasteiger partial charge on any atom is -0.379 e. The van der Waals surface area contributed by atoms with E-state index in [1.165, 1.54) is 4.31 Å². The lowest BCUT2D eigenvalue weighted by Gasteiger charge is -2.22. The van der Waals surface area contributed by atoms with Crippen molar-refractivity contribution in [2.45, 2.75) is 39.2 Å². The Hall–Kier alpha value is -1.31. The Morgan fingerprint density at radius 3 is 2.64 bits per heavy atom. The van der Waals surface area contributed by atoms with E-state index < -0.39 is 10.0 Å². The number of anilines is 1. The van der Waals surface area contributed by atoms with Gasteiger partial charge in [-0.25, -0.2) is 8.42 Å². The number of nitrogens with zero attached hydrogens (tertiary/aromatic N) is 1. The molecule has 25 heavy (non-hydrogen) atoms. The van der Waals surface area contributed by atoms with Gasteiger partial charge in [-0.15, -0.1) is 0 Å². The summed E-state index contributed by atoms with van der Waals surface area (Å²) in [6.45, 7) is 5.31. The summed E-state index contributed by atoms with van der Waals surface area (Å²) in [5.74, 6) is -0.0934. The maximum atomic E-state index is 12.0. The summed E-state index contributed by atoms with van der Waals surface area (Å²) in [5, 5.41) is 3.28. The molecule has 1 N–H and O–H groups in total. The first-order valence-corrected chi connectivity index (χ1v) is 10.5. The van der Waals surface area contributed by atoms with Gasteiger partial charge < -0.3 is 10.1 Å². The molecule has 0 aliphatic heterocycles. The zero-order chi connectivity index (χ0) is 18.9. The molecule has 0 aliphatic carbocycles. The van der Waals surface area contributed by atoms with Gasteiger partial charge in [0.25, 0.3) is 0 Å². The van der Waals surface area contributed by atoms with Gasteiger partial charge in [0.05, 0.1) is 18.0 Å². The third-order valence-corrected chi connectivity index (χ3v) is 4.79. The molecule has 0 heterocycles. The predicted octanol–water partition coefficient (Wildman–Crippen LogP) is 2.82. The first kappa shape index (κ1) is 21.7. The summed E-state index contributed by atoms with van der Waals surface area (Å²) in [4.78, 5) is 11.8. The van der Waals surface area contributed by atoms with E-state index >= 15 is 0 Å². The van der Waals surface area contributed by atoms with Crippen LogP contribution in [0.2, 0.25) is 5.02 Å². The van der Waals surface area contributed by atoms with E-state index in [9.17, 15) is 13.2 Å². The van der Waals surface area contributed by atoms with Gasteiger partial charge in [0, 0.05) is 31.1 Å². The van der Waals surface area contributed by atoms with E-state index in [1.54, 1.807) is 24.3 Å². The predicted molar refractivity (Wildman–Crippen MR) is 102 cm³/mol. The number of hydrogen-bond donors (Lipinski definition) is 1. The second kappa shape index (κ2) is 10.6. The standard InChI is InChI=1S/C17H27ClN2O4S/c1-14(2)24-12-6-10-19-17(21)9-5-11-20(25(3,22)23)16-8-4-7-15(18)13-16/h4,7-8,13-14H,5-6,9-12H2,1-3H3,(H,19,21). The Balaban J connectivity index is 2.41. The summed E-state index contributed by atoms with van der Waals surface area (Å²) in [5.41, 5.74) is 0.501. The summed E-state index contributed by atoms with van der Waals surface area (Å²) in [6.07, 6.45) is 2.76. The fourth-order valence-corrected chi connectivity index (χ4v) is 3.35. The quantitative estimate of drug-likeness (QED) is 0.589. The fraction of sp³-hybridized carbons (Fsp3) is 0.588. The number of halogens is 1. The van der Waals surface area contributed by atoms with E-state index in [0.717, 1.165) is 12.7 Å². The second-order valence-electron chi connectivity index (χ2n) is 6.04. The van der Waals surface area contributed by atoms with E-state index in [0.29, 0.717) is 30.3 Å². The van der Waals surface area contributed by atoms with E-state index in [1.807, 2.05) is 13.8 Å². The van der Waals surface area contributed by atoms with Gasteiger partial charge >= 0.3 is 0 Å². The second-order valence-corrected chi connectivity index (χ2v) is 8.38. The van der Waals surface area contributed by atoms with Crippen molar-refractivity contribution >= 4 is 33.2 Å². The van der Waals surface area contributed by atoms with Crippen LogP contribution < -0.4 is 9.62 Å². The van der Waals surface area contributed by atoms with Gasteiger partial charge in [0.1, 0.15) is 0 Å². The molecule has 0 aromatic heterocycles. The highest BCUT2D eigenvalue weighted by atomic mass is 35.5. The van der Waals surface area contributed by atoms with Crippen LogP contribution in [0.25, 0.3) is 0 Å². The number of rotatable bonds is 11. The number of sulfonamides is 1. The topological polar surface area (TPSA) is 75.7 Å². The number of benzene rings is 1. The van der Waals surface area contributed by atoms with Crippen LogP contribution in [0.4, 0.5) is 5.69 Å². The van der Waals surface area contributed by atoms with Crippen molar-refractivity contribution in [2.75, 3.05) is 30.3 Å². The zero-order valence-corrected chi connectivity index (χ0v) is 16.6. The van der Waals surface area contributed by atoms with Crippen molar-refractivity contribution in [2.24, 2.45) is 0 Å². The average Bonchev–Trinajstić information content (AvgIpc) is 2.49. The van der Waals surface area contributed by atoms with Crippen LogP contribution in [0.1, 0.15) is 33.1 Å². The molecule has 1 aromatic carbocycles. The maximum Gasteiger partial charge on any atom is 0.232 e. The Labute approximate surface area is 155 Å². The molecule has 0 saturated heterocycles. The van der Waals surface area contributed by atoms with Gasteiger partial charge in [-0.05, 0) is 44.9 Å². The van der Waals surface area contributed by atoms with Crippen molar-refractivity contribution in [3.63, 3.8) is 0 Å². The highest BCUT2D eigenvalue weighted by Gasteiger charge is 2.17. The number of carbonyl (C=O) groups excluding carboxylic acids is 1. The monoisotopic (exact) mass is 390 g/mol. The number of ether oxygens (including phenoxy) is 1. The first-order valence-electron chi connectivity index (χ1n) is 8.31. The molecule has 1 aromatic rings. The van der Waals surface area contributed by atoms with Crippen molar-refractivity contribution in [3.8, 4) is 0 Å². The number of amides is 1. The highest BCUT2D eigenvalue weighted by molar-refractivity contribution is 7.92.